The maximum atomic E-state index is 12.8. The summed E-state index contributed by atoms with van der Waals surface area (Å²) < 4.78 is 0. The molecule has 3 aliphatic rings. The van der Waals surface area contributed by atoms with Gasteiger partial charge in [0.1, 0.15) is 0 Å². The van der Waals surface area contributed by atoms with Crippen molar-refractivity contribution < 1.29 is 9.59 Å². The number of amides is 2. The SMILES string of the molecule is NC(=O)C1CCC(C(=O)N2CCC[C@H]3CCC[C@@H]32)CC1. The summed E-state index contributed by atoms with van der Waals surface area (Å²) in [5.74, 6) is 1.08. The smallest absolute Gasteiger partial charge is 0.225 e. The van der Waals surface area contributed by atoms with E-state index in [2.05, 4.69) is 4.90 Å². The van der Waals surface area contributed by atoms with Crippen molar-refractivity contribution in [3.63, 3.8) is 0 Å². The van der Waals surface area contributed by atoms with Gasteiger partial charge >= 0.3 is 0 Å². The van der Waals surface area contributed by atoms with E-state index in [4.69, 9.17) is 5.73 Å². The van der Waals surface area contributed by atoms with E-state index in [0.717, 1.165) is 38.1 Å². The lowest BCUT2D eigenvalue weighted by Gasteiger charge is -2.40. The molecule has 0 spiro atoms. The molecule has 2 saturated carbocycles. The van der Waals surface area contributed by atoms with Gasteiger partial charge in [0.05, 0.1) is 0 Å². The molecule has 2 amide bonds. The summed E-state index contributed by atoms with van der Waals surface area (Å²) in [4.78, 5) is 26.2. The number of rotatable bonds is 2. The summed E-state index contributed by atoms with van der Waals surface area (Å²) in [6.07, 6.45) is 9.57. The second-order valence-corrected chi connectivity index (χ2v) is 6.88. The largest absolute Gasteiger partial charge is 0.369 e. The average molecular weight is 278 g/mol. The Bertz CT molecular complexity index is 388. The molecule has 2 atom stereocenters. The van der Waals surface area contributed by atoms with E-state index in [9.17, 15) is 9.59 Å². The zero-order valence-electron chi connectivity index (χ0n) is 12.2. The monoisotopic (exact) mass is 278 g/mol. The van der Waals surface area contributed by atoms with Gasteiger partial charge in [-0.2, -0.15) is 0 Å². The van der Waals surface area contributed by atoms with Gasteiger partial charge in [-0.1, -0.05) is 6.42 Å². The number of carbonyl (C=O) groups excluding carboxylic acids is 2. The molecule has 0 aromatic rings. The number of nitrogens with two attached hydrogens (primary N) is 1. The zero-order valence-corrected chi connectivity index (χ0v) is 12.2. The lowest BCUT2D eigenvalue weighted by Crippen LogP contribution is -2.49. The van der Waals surface area contributed by atoms with Crippen molar-refractivity contribution in [2.45, 2.75) is 63.8 Å². The van der Waals surface area contributed by atoms with E-state index in [1.54, 1.807) is 0 Å². The number of primary amides is 1. The van der Waals surface area contributed by atoms with E-state index in [1.165, 1.54) is 32.1 Å². The minimum Gasteiger partial charge on any atom is -0.369 e. The Balaban J connectivity index is 1.60. The van der Waals surface area contributed by atoms with Gasteiger partial charge in [0.25, 0.3) is 0 Å². The predicted molar refractivity (Wildman–Crippen MR) is 76.7 cm³/mol. The summed E-state index contributed by atoms with van der Waals surface area (Å²) in [5.41, 5.74) is 5.37. The normalized spacial score (nSPS) is 37.5. The molecule has 3 fully saturated rings. The Morgan fingerprint density at radius 1 is 0.850 bits per heavy atom. The Morgan fingerprint density at radius 3 is 2.20 bits per heavy atom. The van der Waals surface area contributed by atoms with Crippen LogP contribution < -0.4 is 5.73 Å². The third kappa shape index (κ3) is 2.57. The first kappa shape index (κ1) is 13.9. The van der Waals surface area contributed by atoms with Crippen molar-refractivity contribution in [1.82, 2.24) is 4.90 Å². The standard InChI is InChI=1S/C16H26N2O2/c17-15(19)12-6-8-13(9-7-12)16(20)18-10-2-4-11-3-1-5-14(11)18/h11-14H,1-10H2,(H2,17,19)/t11-,12?,13?,14+/m1/s1. The van der Waals surface area contributed by atoms with Crippen LogP contribution in [-0.4, -0.2) is 29.3 Å². The third-order valence-electron chi connectivity index (χ3n) is 5.76. The van der Waals surface area contributed by atoms with Gasteiger partial charge in [0.2, 0.25) is 11.8 Å². The first-order valence-electron chi connectivity index (χ1n) is 8.26. The lowest BCUT2D eigenvalue weighted by molar-refractivity contribution is -0.142. The van der Waals surface area contributed by atoms with E-state index >= 15 is 0 Å². The van der Waals surface area contributed by atoms with Crippen LogP contribution in [-0.2, 0) is 9.59 Å². The van der Waals surface area contributed by atoms with Crippen LogP contribution in [0, 0.1) is 17.8 Å². The van der Waals surface area contributed by atoms with Crippen LogP contribution in [0.15, 0.2) is 0 Å². The fourth-order valence-electron chi connectivity index (χ4n) is 4.59. The van der Waals surface area contributed by atoms with Crippen molar-refractivity contribution in [2.24, 2.45) is 23.5 Å². The summed E-state index contributed by atoms with van der Waals surface area (Å²) in [6, 6.07) is 0.519. The van der Waals surface area contributed by atoms with Gasteiger partial charge in [-0.15, -0.1) is 0 Å². The minimum atomic E-state index is -0.190. The molecule has 1 aliphatic heterocycles. The highest BCUT2D eigenvalue weighted by molar-refractivity contribution is 5.81. The van der Waals surface area contributed by atoms with Gasteiger partial charge in [0, 0.05) is 24.4 Å². The molecule has 4 heteroatoms. The van der Waals surface area contributed by atoms with Crippen LogP contribution in [0.2, 0.25) is 0 Å². The van der Waals surface area contributed by atoms with Crippen LogP contribution in [0.25, 0.3) is 0 Å². The molecule has 0 unspecified atom stereocenters. The minimum absolute atomic E-state index is 0.000338. The number of likely N-dealkylation sites (tertiary alicyclic amines) is 1. The number of hydrogen-bond donors (Lipinski definition) is 1. The molecular formula is C16H26N2O2. The van der Waals surface area contributed by atoms with Crippen molar-refractivity contribution in [1.29, 1.82) is 0 Å². The van der Waals surface area contributed by atoms with Crippen LogP contribution in [0.3, 0.4) is 0 Å². The predicted octanol–water partition coefficient (Wildman–Crippen LogP) is 2.07. The van der Waals surface area contributed by atoms with Gasteiger partial charge in [-0.3, -0.25) is 9.59 Å². The van der Waals surface area contributed by atoms with Crippen molar-refractivity contribution in [3.05, 3.63) is 0 Å². The third-order valence-corrected chi connectivity index (χ3v) is 5.76. The van der Waals surface area contributed by atoms with Crippen molar-refractivity contribution >= 4 is 11.8 Å². The molecule has 2 aliphatic carbocycles. The highest BCUT2D eigenvalue weighted by Crippen LogP contribution is 2.39. The summed E-state index contributed by atoms with van der Waals surface area (Å²) >= 11 is 0. The molecule has 1 saturated heterocycles. The molecule has 2 N–H and O–H groups in total. The van der Waals surface area contributed by atoms with E-state index < -0.39 is 0 Å². The van der Waals surface area contributed by atoms with Crippen LogP contribution in [0.4, 0.5) is 0 Å². The zero-order chi connectivity index (χ0) is 14.1. The Morgan fingerprint density at radius 2 is 1.50 bits per heavy atom. The molecule has 0 aromatic carbocycles. The van der Waals surface area contributed by atoms with Gasteiger partial charge < -0.3 is 10.6 Å². The summed E-state index contributed by atoms with van der Waals surface area (Å²) in [7, 11) is 0. The molecule has 20 heavy (non-hydrogen) atoms. The number of hydrogen-bond acceptors (Lipinski definition) is 2. The molecule has 112 valence electrons. The van der Waals surface area contributed by atoms with E-state index in [1.807, 2.05) is 0 Å². The fraction of sp³-hybridized carbons (Fsp3) is 0.875. The first-order chi connectivity index (χ1) is 9.66. The maximum Gasteiger partial charge on any atom is 0.225 e. The quantitative estimate of drug-likeness (QED) is 0.840. The molecule has 4 nitrogen and oxygen atoms in total. The topological polar surface area (TPSA) is 63.4 Å². The Labute approximate surface area is 121 Å². The molecule has 0 aromatic heterocycles. The molecule has 0 radical (unpaired) electrons. The average Bonchev–Trinajstić information content (AvgIpc) is 2.95. The second kappa shape index (κ2) is 5.74. The second-order valence-electron chi connectivity index (χ2n) is 6.88. The fourth-order valence-corrected chi connectivity index (χ4v) is 4.59. The Kier molecular flexibility index (Phi) is 3.99. The van der Waals surface area contributed by atoms with Crippen LogP contribution in [0.5, 0.6) is 0 Å². The number of fused-ring (bicyclic) bond motifs is 1. The summed E-state index contributed by atoms with van der Waals surface area (Å²) in [5, 5.41) is 0. The maximum absolute atomic E-state index is 12.8. The number of carbonyl (C=O) groups is 2. The number of piperidine rings is 1. The molecule has 0 bridgehead atoms. The molecule has 3 rings (SSSR count). The van der Waals surface area contributed by atoms with Crippen LogP contribution >= 0.6 is 0 Å². The van der Waals surface area contributed by atoms with Gasteiger partial charge in [0.15, 0.2) is 0 Å². The van der Waals surface area contributed by atoms with Gasteiger partial charge in [-0.25, -0.2) is 0 Å². The van der Waals surface area contributed by atoms with Crippen LogP contribution in [0.1, 0.15) is 57.8 Å². The first-order valence-corrected chi connectivity index (χ1v) is 8.26. The molecular weight excluding hydrogens is 252 g/mol. The number of nitrogens with zero attached hydrogens (tertiary/aromatic N) is 1. The van der Waals surface area contributed by atoms with Crippen molar-refractivity contribution in [2.75, 3.05) is 6.54 Å². The van der Waals surface area contributed by atoms with Gasteiger partial charge in [-0.05, 0) is 57.3 Å². The highest BCUT2D eigenvalue weighted by Gasteiger charge is 2.40. The summed E-state index contributed by atoms with van der Waals surface area (Å²) in [6.45, 7) is 0.954. The highest BCUT2D eigenvalue weighted by atomic mass is 16.2. The van der Waals surface area contributed by atoms with E-state index in [-0.39, 0.29) is 17.7 Å². The molecule has 1 heterocycles. The van der Waals surface area contributed by atoms with Crippen molar-refractivity contribution in [3.8, 4) is 0 Å². The Hall–Kier alpha value is -1.06. The lowest BCUT2D eigenvalue weighted by atomic mass is 9.80. The van der Waals surface area contributed by atoms with E-state index in [0.29, 0.717) is 11.9 Å².